The standard InChI is InChI=1S/C13H17ClN4/c14-9-6-10(15)13-17-12(16)11(18(13)7-9)8-4-2-1-3-5-8/h6-8H,1-5,15-16H2. The molecular weight excluding hydrogens is 248 g/mol. The summed E-state index contributed by atoms with van der Waals surface area (Å²) in [6.07, 6.45) is 8.03. The summed E-state index contributed by atoms with van der Waals surface area (Å²) in [6, 6.07) is 1.72. The third-order valence-electron chi connectivity index (χ3n) is 3.77. The average Bonchev–Trinajstić information content (AvgIpc) is 2.67. The fourth-order valence-corrected chi connectivity index (χ4v) is 3.17. The summed E-state index contributed by atoms with van der Waals surface area (Å²) in [4.78, 5) is 4.39. The normalized spacial score (nSPS) is 17.4. The van der Waals surface area contributed by atoms with Crippen LogP contribution >= 0.6 is 11.6 Å². The Labute approximate surface area is 111 Å². The van der Waals surface area contributed by atoms with Crippen molar-refractivity contribution in [1.82, 2.24) is 9.38 Å². The number of hydrogen-bond acceptors (Lipinski definition) is 3. The molecule has 1 fully saturated rings. The van der Waals surface area contributed by atoms with E-state index in [9.17, 15) is 0 Å². The number of nitrogen functional groups attached to an aromatic ring is 2. The minimum Gasteiger partial charge on any atom is -0.396 e. The van der Waals surface area contributed by atoms with Gasteiger partial charge in [0.2, 0.25) is 0 Å². The molecule has 5 heteroatoms. The van der Waals surface area contributed by atoms with E-state index in [0.717, 1.165) is 11.3 Å². The maximum absolute atomic E-state index is 6.07. The highest BCUT2D eigenvalue weighted by molar-refractivity contribution is 6.30. The molecule has 0 amide bonds. The number of anilines is 2. The van der Waals surface area contributed by atoms with Gasteiger partial charge in [0.25, 0.3) is 0 Å². The second-order valence-corrected chi connectivity index (χ2v) is 5.46. The number of imidazole rings is 1. The Hall–Kier alpha value is -1.42. The molecule has 0 bridgehead atoms. The monoisotopic (exact) mass is 264 g/mol. The van der Waals surface area contributed by atoms with Gasteiger partial charge >= 0.3 is 0 Å². The third-order valence-corrected chi connectivity index (χ3v) is 3.98. The van der Waals surface area contributed by atoms with Crippen LogP contribution in [-0.4, -0.2) is 9.38 Å². The first-order valence-corrected chi connectivity index (χ1v) is 6.77. The molecule has 0 atom stereocenters. The lowest BCUT2D eigenvalue weighted by molar-refractivity contribution is 0.436. The van der Waals surface area contributed by atoms with Gasteiger partial charge in [-0.05, 0) is 18.9 Å². The van der Waals surface area contributed by atoms with Crippen molar-refractivity contribution in [3.63, 3.8) is 0 Å². The van der Waals surface area contributed by atoms with E-state index in [2.05, 4.69) is 4.98 Å². The van der Waals surface area contributed by atoms with Gasteiger partial charge in [-0.2, -0.15) is 0 Å². The molecule has 0 spiro atoms. The van der Waals surface area contributed by atoms with E-state index in [1.807, 2.05) is 10.6 Å². The predicted molar refractivity (Wildman–Crippen MR) is 74.9 cm³/mol. The van der Waals surface area contributed by atoms with Crippen LogP contribution in [0, 0.1) is 0 Å². The summed E-state index contributed by atoms with van der Waals surface area (Å²) in [5.41, 5.74) is 14.4. The van der Waals surface area contributed by atoms with Crippen molar-refractivity contribution >= 4 is 28.8 Å². The maximum Gasteiger partial charge on any atom is 0.162 e. The van der Waals surface area contributed by atoms with E-state index in [4.69, 9.17) is 23.1 Å². The molecule has 4 nitrogen and oxygen atoms in total. The number of rotatable bonds is 1. The van der Waals surface area contributed by atoms with Crippen molar-refractivity contribution in [1.29, 1.82) is 0 Å². The van der Waals surface area contributed by atoms with Gasteiger partial charge in [0, 0.05) is 12.1 Å². The van der Waals surface area contributed by atoms with Gasteiger partial charge in [0.05, 0.1) is 16.4 Å². The lowest BCUT2D eigenvalue weighted by atomic mass is 9.87. The topological polar surface area (TPSA) is 69.3 Å². The zero-order chi connectivity index (χ0) is 12.7. The number of nitrogens with zero attached hydrogens (tertiary/aromatic N) is 2. The van der Waals surface area contributed by atoms with E-state index in [1.54, 1.807) is 6.07 Å². The van der Waals surface area contributed by atoms with Crippen molar-refractivity contribution in [3.8, 4) is 0 Å². The quantitative estimate of drug-likeness (QED) is 0.831. The van der Waals surface area contributed by atoms with E-state index >= 15 is 0 Å². The fourth-order valence-electron chi connectivity index (χ4n) is 2.95. The molecule has 3 rings (SSSR count). The van der Waals surface area contributed by atoms with Crippen LogP contribution in [-0.2, 0) is 0 Å². The highest BCUT2D eigenvalue weighted by Crippen LogP contribution is 2.37. The summed E-state index contributed by atoms with van der Waals surface area (Å²) >= 11 is 6.07. The first-order valence-electron chi connectivity index (χ1n) is 6.39. The van der Waals surface area contributed by atoms with Gasteiger partial charge in [-0.1, -0.05) is 30.9 Å². The molecule has 0 radical (unpaired) electrons. The van der Waals surface area contributed by atoms with Gasteiger partial charge in [-0.15, -0.1) is 0 Å². The van der Waals surface area contributed by atoms with Crippen LogP contribution < -0.4 is 11.5 Å². The van der Waals surface area contributed by atoms with Crippen LogP contribution in [0.1, 0.15) is 43.7 Å². The SMILES string of the molecule is Nc1nc2c(N)cc(Cl)cn2c1C1CCCCC1. The van der Waals surface area contributed by atoms with Gasteiger partial charge < -0.3 is 11.5 Å². The van der Waals surface area contributed by atoms with Gasteiger partial charge in [0.1, 0.15) is 5.82 Å². The average molecular weight is 265 g/mol. The molecule has 1 saturated carbocycles. The van der Waals surface area contributed by atoms with Crippen LogP contribution in [0.4, 0.5) is 11.5 Å². The predicted octanol–water partition coefficient (Wildman–Crippen LogP) is 3.20. The van der Waals surface area contributed by atoms with Gasteiger partial charge in [-0.25, -0.2) is 4.98 Å². The zero-order valence-electron chi connectivity index (χ0n) is 10.2. The first-order chi connectivity index (χ1) is 8.66. The molecule has 1 aliphatic rings. The molecule has 1 aliphatic carbocycles. The number of fused-ring (bicyclic) bond motifs is 1. The molecule has 0 aromatic carbocycles. The second-order valence-electron chi connectivity index (χ2n) is 5.02. The van der Waals surface area contributed by atoms with Crippen molar-refractivity contribution in [3.05, 3.63) is 23.0 Å². The maximum atomic E-state index is 6.07. The molecule has 18 heavy (non-hydrogen) atoms. The lowest BCUT2D eigenvalue weighted by Gasteiger charge is -2.21. The number of nitrogens with two attached hydrogens (primary N) is 2. The minimum atomic E-state index is 0.478. The van der Waals surface area contributed by atoms with Crippen molar-refractivity contribution in [2.24, 2.45) is 0 Å². The van der Waals surface area contributed by atoms with Gasteiger partial charge in [-0.3, -0.25) is 4.40 Å². The Kier molecular flexibility index (Phi) is 2.82. The number of pyridine rings is 1. The minimum absolute atomic E-state index is 0.478. The fraction of sp³-hybridized carbons (Fsp3) is 0.462. The Balaban J connectivity index is 2.18. The van der Waals surface area contributed by atoms with Crippen molar-refractivity contribution in [2.75, 3.05) is 11.5 Å². The van der Waals surface area contributed by atoms with Crippen LogP contribution in [0.2, 0.25) is 5.02 Å². The highest BCUT2D eigenvalue weighted by atomic mass is 35.5. The number of hydrogen-bond donors (Lipinski definition) is 2. The van der Waals surface area contributed by atoms with Crippen LogP contribution in [0.5, 0.6) is 0 Å². The summed E-state index contributed by atoms with van der Waals surface area (Å²) < 4.78 is 1.98. The largest absolute Gasteiger partial charge is 0.396 e. The number of aromatic nitrogens is 2. The Bertz CT molecular complexity index is 584. The third kappa shape index (κ3) is 1.81. The van der Waals surface area contributed by atoms with Gasteiger partial charge in [0.15, 0.2) is 5.65 Å². The zero-order valence-corrected chi connectivity index (χ0v) is 11.0. The van der Waals surface area contributed by atoms with Crippen molar-refractivity contribution in [2.45, 2.75) is 38.0 Å². The summed E-state index contributed by atoms with van der Waals surface area (Å²) in [7, 11) is 0. The molecule has 2 aromatic heterocycles. The molecule has 0 aliphatic heterocycles. The Morgan fingerprint density at radius 2 is 1.94 bits per heavy atom. The van der Waals surface area contributed by atoms with Crippen LogP contribution in [0.25, 0.3) is 5.65 Å². The molecule has 0 saturated heterocycles. The van der Waals surface area contributed by atoms with E-state index in [-0.39, 0.29) is 0 Å². The summed E-state index contributed by atoms with van der Waals surface area (Å²) in [5.74, 6) is 1.07. The Morgan fingerprint density at radius 1 is 1.22 bits per heavy atom. The molecular formula is C13H17ClN4. The summed E-state index contributed by atoms with van der Waals surface area (Å²) in [5, 5.41) is 0.620. The van der Waals surface area contributed by atoms with E-state index < -0.39 is 0 Å². The second kappa shape index (κ2) is 4.35. The highest BCUT2D eigenvalue weighted by Gasteiger charge is 2.23. The molecule has 2 aromatic rings. The molecule has 4 N–H and O–H groups in total. The van der Waals surface area contributed by atoms with E-state index in [1.165, 1.54) is 32.1 Å². The summed E-state index contributed by atoms with van der Waals surface area (Å²) in [6.45, 7) is 0. The van der Waals surface area contributed by atoms with E-state index in [0.29, 0.717) is 22.4 Å². The number of halogens is 1. The van der Waals surface area contributed by atoms with Crippen LogP contribution in [0.15, 0.2) is 12.3 Å². The molecule has 96 valence electrons. The smallest absolute Gasteiger partial charge is 0.162 e. The van der Waals surface area contributed by atoms with Crippen molar-refractivity contribution < 1.29 is 0 Å². The van der Waals surface area contributed by atoms with Crippen LogP contribution in [0.3, 0.4) is 0 Å². The lowest BCUT2D eigenvalue weighted by Crippen LogP contribution is -2.09. The molecule has 2 heterocycles. The molecule has 0 unspecified atom stereocenters. The first kappa shape index (κ1) is 11.7. The Morgan fingerprint density at radius 3 is 2.67 bits per heavy atom.